The van der Waals surface area contributed by atoms with Crippen molar-refractivity contribution in [3.05, 3.63) is 63.7 Å². The number of para-hydroxylation sites is 1. The van der Waals surface area contributed by atoms with Crippen molar-refractivity contribution in [2.45, 2.75) is 13.5 Å². The monoisotopic (exact) mass is 341 g/mol. The van der Waals surface area contributed by atoms with Crippen LogP contribution in [0.2, 0.25) is 0 Å². The summed E-state index contributed by atoms with van der Waals surface area (Å²) in [5, 5.41) is 15.0. The van der Waals surface area contributed by atoms with Crippen LogP contribution in [-0.2, 0) is 11.3 Å². The van der Waals surface area contributed by atoms with Crippen LogP contribution < -0.4 is 5.32 Å². The third-order valence-electron chi connectivity index (χ3n) is 3.64. The van der Waals surface area contributed by atoms with Crippen molar-refractivity contribution in [2.24, 2.45) is 0 Å². The summed E-state index contributed by atoms with van der Waals surface area (Å²) in [6.45, 7) is 2.07. The van der Waals surface area contributed by atoms with Gasteiger partial charge < -0.3 is 14.5 Å². The number of esters is 1. The molecule has 0 bridgehead atoms. The Labute approximate surface area is 142 Å². The standard InChI is InChI=1S/C17H15N3O5/c1-10-8-13(12-4-3-5-14(20(22)23)16(12)19-10)18-9-11-6-7-15(25-11)17(21)24-2/h3-8H,9H2,1-2H3,(H,18,19). The highest BCUT2D eigenvalue weighted by molar-refractivity contribution is 5.96. The Morgan fingerprint density at radius 3 is 2.88 bits per heavy atom. The molecule has 0 aliphatic heterocycles. The normalized spacial score (nSPS) is 10.6. The van der Waals surface area contributed by atoms with Gasteiger partial charge in [0.25, 0.3) is 5.69 Å². The zero-order chi connectivity index (χ0) is 18.0. The SMILES string of the molecule is COC(=O)c1ccc(CNc2cc(C)nc3c([N+](=O)[O-])cccc23)o1. The molecule has 0 radical (unpaired) electrons. The second kappa shape index (κ2) is 6.60. The number of non-ortho nitro benzene ring substituents is 1. The number of hydrogen-bond acceptors (Lipinski definition) is 7. The van der Waals surface area contributed by atoms with Crippen LogP contribution in [0.4, 0.5) is 11.4 Å². The zero-order valence-electron chi connectivity index (χ0n) is 13.6. The lowest BCUT2D eigenvalue weighted by Crippen LogP contribution is -2.02. The van der Waals surface area contributed by atoms with E-state index in [9.17, 15) is 14.9 Å². The van der Waals surface area contributed by atoms with E-state index < -0.39 is 10.9 Å². The van der Waals surface area contributed by atoms with E-state index in [0.717, 1.165) is 0 Å². The first kappa shape index (κ1) is 16.4. The van der Waals surface area contributed by atoms with Crippen LogP contribution >= 0.6 is 0 Å². The molecule has 0 atom stereocenters. The van der Waals surface area contributed by atoms with Gasteiger partial charge in [-0.05, 0) is 25.1 Å². The van der Waals surface area contributed by atoms with Gasteiger partial charge in [0.15, 0.2) is 5.52 Å². The number of pyridine rings is 1. The fourth-order valence-electron chi connectivity index (χ4n) is 2.52. The lowest BCUT2D eigenvalue weighted by molar-refractivity contribution is -0.383. The van der Waals surface area contributed by atoms with Gasteiger partial charge in [-0.15, -0.1) is 0 Å². The van der Waals surface area contributed by atoms with Gasteiger partial charge in [-0.3, -0.25) is 10.1 Å². The highest BCUT2D eigenvalue weighted by Crippen LogP contribution is 2.30. The van der Waals surface area contributed by atoms with Crippen molar-refractivity contribution in [3.63, 3.8) is 0 Å². The zero-order valence-corrected chi connectivity index (χ0v) is 13.6. The second-order valence-electron chi connectivity index (χ2n) is 5.35. The fraction of sp³-hybridized carbons (Fsp3) is 0.176. The minimum Gasteiger partial charge on any atom is -0.463 e. The largest absolute Gasteiger partial charge is 0.463 e. The van der Waals surface area contributed by atoms with Crippen LogP contribution in [-0.4, -0.2) is 23.0 Å². The molecule has 8 nitrogen and oxygen atoms in total. The number of benzene rings is 1. The molecule has 3 aromatic rings. The number of anilines is 1. The average Bonchev–Trinajstić information content (AvgIpc) is 3.07. The van der Waals surface area contributed by atoms with Gasteiger partial charge in [-0.25, -0.2) is 9.78 Å². The predicted octanol–water partition coefficient (Wildman–Crippen LogP) is 3.44. The number of nitrogens with one attached hydrogen (secondary N) is 1. The predicted molar refractivity (Wildman–Crippen MR) is 90.5 cm³/mol. The molecule has 8 heteroatoms. The number of nitrogens with zero attached hydrogens (tertiary/aromatic N) is 2. The topological polar surface area (TPSA) is 108 Å². The maximum absolute atomic E-state index is 11.4. The number of carbonyl (C=O) groups is 1. The average molecular weight is 341 g/mol. The quantitative estimate of drug-likeness (QED) is 0.430. The summed E-state index contributed by atoms with van der Waals surface area (Å²) < 4.78 is 10.00. The van der Waals surface area contributed by atoms with Crippen molar-refractivity contribution in [3.8, 4) is 0 Å². The minimum absolute atomic E-state index is 0.0461. The van der Waals surface area contributed by atoms with Gasteiger partial charge in [0.2, 0.25) is 5.76 Å². The molecular formula is C17H15N3O5. The number of hydrogen-bond donors (Lipinski definition) is 1. The van der Waals surface area contributed by atoms with Crippen LogP contribution in [0.1, 0.15) is 22.0 Å². The van der Waals surface area contributed by atoms with Crippen LogP contribution in [0.3, 0.4) is 0 Å². The number of methoxy groups -OCH3 is 1. The molecule has 1 N–H and O–H groups in total. The molecule has 25 heavy (non-hydrogen) atoms. The lowest BCUT2D eigenvalue weighted by atomic mass is 10.1. The van der Waals surface area contributed by atoms with E-state index in [1.165, 1.54) is 19.2 Å². The van der Waals surface area contributed by atoms with Crippen molar-refractivity contribution in [2.75, 3.05) is 12.4 Å². The summed E-state index contributed by atoms with van der Waals surface area (Å²) in [6.07, 6.45) is 0. The highest BCUT2D eigenvalue weighted by atomic mass is 16.6. The van der Waals surface area contributed by atoms with Crippen LogP contribution in [0.5, 0.6) is 0 Å². The molecule has 0 aliphatic rings. The first-order valence-corrected chi connectivity index (χ1v) is 7.45. The van der Waals surface area contributed by atoms with Gasteiger partial charge in [0, 0.05) is 22.8 Å². The van der Waals surface area contributed by atoms with E-state index in [0.29, 0.717) is 34.6 Å². The lowest BCUT2D eigenvalue weighted by Gasteiger charge is -2.10. The molecule has 0 fully saturated rings. The van der Waals surface area contributed by atoms with Crippen LogP contribution in [0, 0.1) is 17.0 Å². The van der Waals surface area contributed by atoms with E-state index in [2.05, 4.69) is 15.0 Å². The summed E-state index contributed by atoms with van der Waals surface area (Å²) in [5.41, 5.74) is 1.63. The fourth-order valence-corrected chi connectivity index (χ4v) is 2.52. The molecule has 1 aromatic carbocycles. The number of aryl methyl sites for hydroxylation is 1. The molecule has 3 rings (SSSR count). The molecule has 0 unspecified atom stereocenters. The minimum atomic E-state index is -0.549. The Kier molecular flexibility index (Phi) is 4.34. The summed E-state index contributed by atoms with van der Waals surface area (Å²) in [4.78, 5) is 26.4. The molecule has 0 spiro atoms. The van der Waals surface area contributed by atoms with Crippen LogP contribution in [0.25, 0.3) is 10.9 Å². The van der Waals surface area contributed by atoms with Gasteiger partial charge in [0.1, 0.15) is 5.76 Å². The molecular weight excluding hydrogens is 326 g/mol. The third kappa shape index (κ3) is 3.27. The summed E-state index contributed by atoms with van der Waals surface area (Å²) >= 11 is 0. The van der Waals surface area contributed by atoms with Crippen LogP contribution in [0.15, 0.2) is 40.8 Å². The van der Waals surface area contributed by atoms with Crippen molar-refractivity contribution in [1.82, 2.24) is 4.98 Å². The summed E-state index contributed by atoms with van der Waals surface area (Å²) in [5.74, 6) is 0.103. The van der Waals surface area contributed by atoms with Crippen molar-refractivity contribution >= 4 is 28.2 Å². The highest BCUT2D eigenvalue weighted by Gasteiger charge is 2.16. The van der Waals surface area contributed by atoms with E-state index in [-0.39, 0.29) is 11.4 Å². The van der Waals surface area contributed by atoms with Gasteiger partial charge in [0.05, 0.1) is 18.6 Å². The first-order valence-electron chi connectivity index (χ1n) is 7.45. The van der Waals surface area contributed by atoms with Gasteiger partial charge in [-0.1, -0.05) is 12.1 Å². The van der Waals surface area contributed by atoms with E-state index >= 15 is 0 Å². The molecule has 0 saturated heterocycles. The van der Waals surface area contributed by atoms with Crippen molar-refractivity contribution < 1.29 is 18.9 Å². The number of furan rings is 1. The molecule has 2 heterocycles. The number of rotatable bonds is 5. The smallest absolute Gasteiger partial charge is 0.373 e. The Balaban J connectivity index is 1.91. The number of carbonyl (C=O) groups excluding carboxylic acids is 1. The van der Waals surface area contributed by atoms with E-state index in [1.54, 1.807) is 31.2 Å². The second-order valence-corrected chi connectivity index (χ2v) is 5.35. The number of ether oxygens (including phenoxy) is 1. The maximum atomic E-state index is 11.4. The molecule has 0 saturated carbocycles. The van der Waals surface area contributed by atoms with Gasteiger partial charge >= 0.3 is 5.97 Å². The first-order chi connectivity index (χ1) is 12.0. The number of nitro groups is 1. The van der Waals surface area contributed by atoms with E-state index in [1.807, 2.05) is 0 Å². The third-order valence-corrected chi connectivity index (χ3v) is 3.64. The number of nitro benzene ring substituents is 1. The Morgan fingerprint density at radius 1 is 1.36 bits per heavy atom. The molecule has 2 aromatic heterocycles. The Hall–Kier alpha value is -3.42. The summed E-state index contributed by atoms with van der Waals surface area (Å²) in [7, 11) is 1.28. The Morgan fingerprint density at radius 2 is 2.16 bits per heavy atom. The molecule has 0 amide bonds. The van der Waals surface area contributed by atoms with Gasteiger partial charge in [-0.2, -0.15) is 0 Å². The molecule has 0 aliphatic carbocycles. The Bertz CT molecular complexity index is 964. The molecule has 128 valence electrons. The summed E-state index contributed by atoms with van der Waals surface area (Å²) in [6, 6.07) is 9.80. The van der Waals surface area contributed by atoms with Crippen molar-refractivity contribution in [1.29, 1.82) is 0 Å². The van der Waals surface area contributed by atoms with E-state index in [4.69, 9.17) is 4.42 Å². The maximum Gasteiger partial charge on any atom is 0.373 e. The number of fused-ring (bicyclic) bond motifs is 1. The number of aromatic nitrogens is 1.